The summed E-state index contributed by atoms with van der Waals surface area (Å²) in [4.78, 5) is 13.5. The molecule has 0 amide bonds. The van der Waals surface area contributed by atoms with Gasteiger partial charge in [0.1, 0.15) is 5.54 Å². The lowest BCUT2D eigenvalue weighted by molar-refractivity contribution is -0.153. The zero-order valence-electron chi connectivity index (χ0n) is 10.3. The van der Waals surface area contributed by atoms with E-state index in [1.165, 1.54) is 0 Å². The van der Waals surface area contributed by atoms with Crippen LogP contribution < -0.4 is 0 Å². The number of hydrogen-bond acceptors (Lipinski definition) is 2. The Bertz CT molecular complexity index is 244. The SMILES string of the molecule is CC(C)(C)CN1CCCC[C@]1(C)C(=O)O. The third kappa shape index (κ3) is 2.94. The molecule has 1 saturated heterocycles. The zero-order valence-corrected chi connectivity index (χ0v) is 10.3. The maximum atomic E-state index is 11.3. The Kier molecular flexibility index (Phi) is 3.44. The topological polar surface area (TPSA) is 40.5 Å². The molecule has 88 valence electrons. The Morgan fingerprint density at radius 1 is 1.40 bits per heavy atom. The minimum atomic E-state index is -0.675. The van der Waals surface area contributed by atoms with Gasteiger partial charge in [0.25, 0.3) is 0 Å². The highest BCUT2D eigenvalue weighted by Crippen LogP contribution is 2.31. The van der Waals surface area contributed by atoms with Crippen LogP contribution in [0.3, 0.4) is 0 Å². The van der Waals surface area contributed by atoms with Crippen molar-refractivity contribution in [3.63, 3.8) is 0 Å². The van der Waals surface area contributed by atoms with E-state index >= 15 is 0 Å². The van der Waals surface area contributed by atoms with Crippen molar-refractivity contribution in [2.75, 3.05) is 13.1 Å². The Hall–Kier alpha value is -0.570. The van der Waals surface area contributed by atoms with E-state index in [-0.39, 0.29) is 5.41 Å². The van der Waals surface area contributed by atoms with E-state index < -0.39 is 11.5 Å². The van der Waals surface area contributed by atoms with Gasteiger partial charge >= 0.3 is 5.97 Å². The van der Waals surface area contributed by atoms with Crippen LogP contribution >= 0.6 is 0 Å². The second-order valence-electron chi connectivity index (χ2n) is 6.02. The predicted octanol–water partition coefficient (Wildman–Crippen LogP) is 2.36. The molecule has 0 aromatic carbocycles. The molecule has 1 atom stereocenters. The fourth-order valence-electron chi connectivity index (χ4n) is 2.25. The number of carboxylic acids is 1. The summed E-state index contributed by atoms with van der Waals surface area (Å²) in [5, 5.41) is 9.32. The number of aliphatic carboxylic acids is 1. The van der Waals surface area contributed by atoms with Crippen LogP contribution in [0.4, 0.5) is 0 Å². The highest BCUT2D eigenvalue weighted by atomic mass is 16.4. The highest BCUT2D eigenvalue weighted by Gasteiger charge is 2.42. The van der Waals surface area contributed by atoms with Crippen LogP contribution in [0.5, 0.6) is 0 Å². The minimum Gasteiger partial charge on any atom is -0.480 e. The Morgan fingerprint density at radius 2 is 2.00 bits per heavy atom. The molecule has 0 spiro atoms. The lowest BCUT2D eigenvalue weighted by Gasteiger charge is -2.44. The minimum absolute atomic E-state index is 0.161. The molecule has 1 aliphatic heterocycles. The molecule has 15 heavy (non-hydrogen) atoms. The molecule has 0 aromatic heterocycles. The van der Waals surface area contributed by atoms with Gasteiger partial charge in [-0.25, -0.2) is 0 Å². The van der Waals surface area contributed by atoms with Gasteiger partial charge in [-0.3, -0.25) is 9.69 Å². The van der Waals surface area contributed by atoms with Gasteiger partial charge in [0.2, 0.25) is 0 Å². The van der Waals surface area contributed by atoms with E-state index in [1.807, 2.05) is 6.92 Å². The fourth-order valence-corrected chi connectivity index (χ4v) is 2.25. The van der Waals surface area contributed by atoms with Gasteiger partial charge < -0.3 is 5.11 Å². The number of likely N-dealkylation sites (tertiary alicyclic amines) is 1. The smallest absolute Gasteiger partial charge is 0.323 e. The summed E-state index contributed by atoms with van der Waals surface area (Å²) in [5.41, 5.74) is -0.487. The lowest BCUT2D eigenvalue weighted by atomic mass is 9.85. The summed E-state index contributed by atoms with van der Waals surface area (Å²) in [7, 11) is 0. The predicted molar refractivity (Wildman–Crippen MR) is 60.9 cm³/mol. The molecule has 0 saturated carbocycles. The van der Waals surface area contributed by atoms with Gasteiger partial charge in [-0.2, -0.15) is 0 Å². The van der Waals surface area contributed by atoms with Crippen LogP contribution in [0.15, 0.2) is 0 Å². The van der Waals surface area contributed by atoms with Gasteiger partial charge in [-0.15, -0.1) is 0 Å². The number of carbonyl (C=O) groups is 1. The standard InChI is InChI=1S/C12H23NO2/c1-11(2,3)9-13-8-6-5-7-12(13,4)10(14)15/h5-9H2,1-4H3,(H,14,15)/t12-/m1/s1. The molecular weight excluding hydrogens is 190 g/mol. The first-order valence-corrected chi connectivity index (χ1v) is 5.74. The van der Waals surface area contributed by atoms with Crippen LogP contribution in [0.1, 0.15) is 47.0 Å². The monoisotopic (exact) mass is 213 g/mol. The molecule has 1 rings (SSSR count). The molecule has 0 aliphatic carbocycles. The first-order valence-electron chi connectivity index (χ1n) is 5.74. The normalized spacial score (nSPS) is 29.1. The van der Waals surface area contributed by atoms with Crippen LogP contribution in [0.2, 0.25) is 0 Å². The summed E-state index contributed by atoms with van der Waals surface area (Å²) in [6, 6.07) is 0. The van der Waals surface area contributed by atoms with E-state index in [1.54, 1.807) is 0 Å². The van der Waals surface area contributed by atoms with E-state index in [4.69, 9.17) is 0 Å². The van der Waals surface area contributed by atoms with E-state index in [2.05, 4.69) is 25.7 Å². The molecule has 1 N–H and O–H groups in total. The van der Waals surface area contributed by atoms with Gasteiger partial charge in [0.15, 0.2) is 0 Å². The quantitative estimate of drug-likeness (QED) is 0.765. The molecular formula is C12H23NO2. The average molecular weight is 213 g/mol. The lowest BCUT2D eigenvalue weighted by Crippen LogP contribution is -2.57. The van der Waals surface area contributed by atoms with Gasteiger partial charge in [-0.1, -0.05) is 20.8 Å². The molecule has 0 bridgehead atoms. The van der Waals surface area contributed by atoms with Crippen LogP contribution in [0.25, 0.3) is 0 Å². The summed E-state index contributed by atoms with van der Waals surface area (Å²) >= 11 is 0. The van der Waals surface area contributed by atoms with Crippen molar-refractivity contribution >= 4 is 5.97 Å². The first kappa shape index (κ1) is 12.5. The largest absolute Gasteiger partial charge is 0.480 e. The third-order valence-corrected chi connectivity index (χ3v) is 3.17. The average Bonchev–Trinajstić information content (AvgIpc) is 2.06. The van der Waals surface area contributed by atoms with Crippen LogP contribution in [-0.4, -0.2) is 34.6 Å². The number of carboxylic acid groups (broad SMARTS) is 1. The molecule has 1 aliphatic rings. The molecule has 1 fully saturated rings. The molecule has 0 aromatic rings. The molecule has 0 unspecified atom stereocenters. The summed E-state index contributed by atoms with van der Waals surface area (Å²) < 4.78 is 0. The number of rotatable bonds is 2. The van der Waals surface area contributed by atoms with Crippen molar-refractivity contribution in [1.82, 2.24) is 4.90 Å². The van der Waals surface area contributed by atoms with Gasteiger partial charge in [-0.05, 0) is 38.1 Å². The van der Waals surface area contributed by atoms with E-state index in [9.17, 15) is 9.90 Å². The van der Waals surface area contributed by atoms with Gasteiger partial charge in [0.05, 0.1) is 0 Å². The van der Waals surface area contributed by atoms with Crippen molar-refractivity contribution in [3.05, 3.63) is 0 Å². The fraction of sp³-hybridized carbons (Fsp3) is 0.917. The number of piperidine rings is 1. The Morgan fingerprint density at radius 3 is 2.47 bits per heavy atom. The first-order chi connectivity index (χ1) is 6.76. The summed E-state index contributed by atoms with van der Waals surface area (Å²) in [5.74, 6) is -0.675. The third-order valence-electron chi connectivity index (χ3n) is 3.17. The van der Waals surface area contributed by atoms with E-state index in [0.29, 0.717) is 0 Å². The van der Waals surface area contributed by atoms with Crippen molar-refractivity contribution in [2.24, 2.45) is 5.41 Å². The van der Waals surface area contributed by atoms with Crippen molar-refractivity contribution in [1.29, 1.82) is 0 Å². The van der Waals surface area contributed by atoms with Crippen molar-refractivity contribution < 1.29 is 9.90 Å². The number of hydrogen-bond donors (Lipinski definition) is 1. The molecule has 3 nitrogen and oxygen atoms in total. The molecule has 1 heterocycles. The Balaban J connectivity index is 2.79. The second-order valence-corrected chi connectivity index (χ2v) is 6.02. The molecule has 0 radical (unpaired) electrons. The van der Waals surface area contributed by atoms with Gasteiger partial charge in [0, 0.05) is 6.54 Å². The highest BCUT2D eigenvalue weighted by molar-refractivity contribution is 5.78. The second kappa shape index (κ2) is 4.12. The Labute approximate surface area is 92.5 Å². The summed E-state index contributed by atoms with van der Waals surface area (Å²) in [6.07, 6.45) is 2.93. The van der Waals surface area contributed by atoms with E-state index in [0.717, 1.165) is 32.4 Å². The van der Waals surface area contributed by atoms with Crippen LogP contribution in [-0.2, 0) is 4.79 Å². The summed E-state index contributed by atoms with van der Waals surface area (Å²) in [6.45, 7) is 10.1. The number of nitrogens with zero attached hydrogens (tertiary/aromatic N) is 1. The maximum absolute atomic E-state index is 11.3. The van der Waals surface area contributed by atoms with Crippen molar-refractivity contribution in [3.8, 4) is 0 Å². The van der Waals surface area contributed by atoms with Crippen molar-refractivity contribution in [2.45, 2.75) is 52.5 Å². The van der Waals surface area contributed by atoms with Crippen LogP contribution in [0, 0.1) is 5.41 Å². The molecule has 3 heteroatoms. The zero-order chi connectivity index (χ0) is 11.7. The maximum Gasteiger partial charge on any atom is 0.323 e.